The van der Waals surface area contributed by atoms with E-state index in [1.165, 1.54) is 35.6 Å². The average Bonchev–Trinajstić information content (AvgIpc) is 3.07. The van der Waals surface area contributed by atoms with Crippen LogP contribution in [0.3, 0.4) is 0 Å². The fourth-order valence-corrected chi connectivity index (χ4v) is 3.88. The highest BCUT2D eigenvalue weighted by atomic mass is 32.2. The van der Waals surface area contributed by atoms with Gasteiger partial charge in [-0.25, -0.2) is 8.42 Å². The molecule has 0 aliphatic carbocycles. The summed E-state index contributed by atoms with van der Waals surface area (Å²) in [5, 5.41) is 11.9. The second-order valence-corrected chi connectivity index (χ2v) is 8.30. The van der Waals surface area contributed by atoms with Crippen LogP contribution >= 0.6 is 11.3 Å². The van der Waals surface area contributed by atoms with E-state index in [9.17, 15) is 13.2 Å². The van der Waals surface area contributed by atoms with Gasteiger partial charge in [0.05, 0.1) is 11.4 Å². The molecule has 0 aliphatic rings. The summed E-state index contributed by atoms with van der Waals surface area (Å²) in [4.78, 5) is 12.3. The molecule has 9 heteroatoms. The van der Waals surface area contributed by atoms with Crippen molar-refractivity contribution in [1.82, 2.24) is 14.9 Å². The number of carbonyl (C=O) groups excluding carboxylic acids is 1. The molecule has 1 amide bonds. The topological polar surface area (TPSA) is 101 Å². The molecule has 2 aromatic rings. The zero-order chi connectivity index (χ0) is 19.0. The molecule has 0 unspecified atom stereocenters. The molecule has 0 saturated heterocycles. The maximum Gasteiger partial charge on any atom is 0.257 e. The Labute approximate surface area is 157 Å². The Balaban J connectivity index is 2.06. The van der Waals surface area contributed by atoms with Gasteiger partial charge in [0.2, 0.25) is 15.2 Å². The van der Waals surface area contributed by atoms with Gasteiger partial charge in [-0.2, -0.15) is 4.72 Å². The molecule has 1 aromatic carbocycles. The first-order chi connectivity index (χ1) is 12.5. The van der Waals surface area contributed by atoms with Gasteiger partial charge < -0.3 is 0 Å². The van der Waals surface area contributed by atoms with Gasteiger partial charge in [0.25, 0.3) is 5.91 Å². The van der Waals surface area contributed by atoms with E-state index in [0.29, 0.717) is 5.13 Å². The van der Waals surface area contributed by atoms with E-state index in [2.05, 4.69) is 33.1 Å². The number of terminal acetylenes is 1. The minimum atomic E-state index is -3.76. The molecule has 0 spiro atoms. The van der Waals surface area contributed by atoms with Crippen LogP contribution in [-0.2, 0) is 16.4 Å². The first-order valence-corrected chi connectivity index (χ1v) is 10.4. The largest absolute Gasteiger partial charge is 0.296 e. The number of nitrogens with zero attached hydrogens (tertiary/aromatic N) is 2. The van der Waals surface area contributed by atoms with Crippen molar-refractivity contribution in [3.8, 4) is 12.3 Å². The highest BCUT2D eigenvalue weighted by molar-refractivity contribution is 7.89. The van der Waals surface area contributed by atoms with Crippen LogP contribution < -0.4 is 10.0 Å². The van der Waals surface area contributed by atoms with Crippen LogP contribution in [-0.4, -0.2) is 31.1 Å². The van der Waals surface area contributed by atoms with Gasteiger partial charge in [-0.15, -0.1) is 16.6 Å². The molecule has 26 heavy (non-hydrogen) atoms. The minimum Gasteiger partial charge on any atom is -0.296 e. The Hall–Kier alpha value is -2.28. The maximum atomic E-state index is 12.4. The van der Waals surface area contributed by atoms with E-state index in [1.807, 2.05) is 0 Å². The fourth-order valence-electron chi connectivity index (χ4n) is 2.13. The van der Waals surface area contributed by atoms with E-state index in [1.54, 1.807) is 0 Å². The molecule has 0 aliphatic heterocycles. The molecule has 0 bridgehead atoms. The number of sulfonamides is 1. The molecule has 1 aromatic heterocycles. The van der Waals surface area contributed by atoms with Crippen LogP contribution in [0.15, 0.2) is 29.2 Å². The number of carbonyl (C=O) groups is 1. The van der Waals surface area contributed by atoms with Gasteiger partial charge in [-0.3, -0.25) is 10.1 Å². The van der Waals surface area contributed by atoms with Crippen LogP contribution in [0.5, 0.6) is 0 Å². The lowest BCUT2D eigenvalue weighted by molar-refractivity contribution is 0.102. The van der Waals surface area contributed by atoms with Gasteiger partial charge in [-0.1, -0.05) is 43.1 Å². The average molecular weight is 393 g/mol. The molecule has 1 heterocycles. The second kappa shape index (κ2) is 9.43. The Morgan fingerprint density at radius 1 is 1.31 bits per heavy atom. The second-order valence-electron chi connectivity index (χ2n) is 5.47. The summed E-state index contributed by atoms with van der Waals surface area (Å²) in [6.45, 7) is 2.01. The highest BCUT2D eigenvalue weighted by Crippen LogP contribution is 2.19. The molecule has 0 radical (unpaired) electrons. The van der Waals surface area contributed by atoms with Crippen LogP contribution in [0.25, 0.3) is 0 Å². The quantitative estimate of drug-likeness (QED) is 0.504. The number of aryl methyl sites for hydroxylation is 1. The number of amides is 1. The van der Waals surface area contributed by atoms with E-state index < -0.39 is 15.9 Å². The number of benzene rings is 1. The molecule has 2 rings (SSSR count). The standard InChI is InChI=1S/C17H20N4O3S2/c1-3-5-6-10-15-20-21-17(25-15)19-16(22)13-8-7-9-14(12-13)26(23,24)18-11-4-2/h2,7-9,12,18H,3,5-6,10-11H2,1H3,(H,19,21,22). The Kier molecular flexibility index (Phi) is 7.26. The van der Waals surface area contributed by atoms with Crippen LogP contribution in [0.4, 0.5) is 5.13 Å². The van der Waals surface area contributed by atoms with E-state index in [4.69, 9.17) is 6.42 Å². The lowest BCUT2D eigenvalue weighted by Gasteiger charge is -2.06. The van der Waals surface area contributed by atoms with Crippen molar-refractivity contribution in [3.05, 3.63) is 34.8 Å². The summed E-state index contributed by atoms with van der Waals surface area (Å²) in [7, 11) is -3.76. The zero-order valence-corrected chi connectivity index (χ0v) is 16.0. The smallest absolute Gasteiger partial charge is 0.257 e. The van der Waals surface area contributed by atoms with Crippen molar-refractivity contribution in [2.45, 2.75) is 37.5 Å². The van der Waals surface area contributed by atoms with Crippen molar-refractivity contribution >= 4 is 32.4 Å². The molecule has 7 nitrogen and oxygen atoms in total. The first-order valence-electron chi connectivity index (χ1n) is 8.13. The van der Waals surface area contributed by atoms with Gasteiger partial charge in [0.15, 0.2) is 0 Å². The molecular formula is C17H20N4O3S2. The van der Waals surface area contributed by atoms with Crippen molar-refractivity contribution < 1.29 is 13.2 Å². The van der Waals surface area contributed by atoms with E-state index >= 15 is 0 Å². The van der Waals surface area contributed by atoms with Crippen molar-refractivity contribution in [1.29, 1.82) is 0 Å². The normalized spacial score (nSPS) is 11.1. The summed E-state index contributed by atoms with van der Waals surface area (Å²) < 4.78 is 26.4. The minimum absolute atomic E-state index is 0.0297. The van der Waals surface area contributed by atoms with Crippen molar-refractivity contribution in [2.75, 3.05) is 11.9 Å². The first kappa shape index (κ1) is 20.0. The van der Waals surface area contributed by atoms with Crippen LogP contribution in [0, 0.1) is 12.3 Å². The van der Waals surface area contributed by atoms with Crippen LogP contribution in [0.1, 0.15) is 41.6 Å². The molecule has 2 N–H and O–H groups in total. The van der Waals surface area contributed by atoms with Gasteiger partial charge in [0, 0.05) is 12.0 Å². The summed E-state index contributed by atoms with van der Waals surface area (Å²) in [6, 6.07) is 5.71. The van der Waals surface area contributed by atoms with Gasteiger partial charge in [-0.05, 0) is 24.6 Å². The zero-order valence-electron chi connectivity index (χ0n) is 14.4. The van der Waals surface area contributed by atoms with Crippen molar-refractivity contribution in [3.63, 3.8) is 0 Å². The molecular weight excluding hydrogens is 372 g/mol. The maximum absolute atomic E-state index is 12.4. The summed E-state index contributed by atoms with van der Waals surface area (Å²) in [5.41, 5.74) is 0.205. The summed E-state index contributed by atoms with van der Waals surface area (Å²) in [6.07, 6.45) is 9.17. The number of aromatic nitrogens is 2. The molecule has 0 atom stereocenters. The van der Waals surface area contributed by atoms with E-state index in [-0.39, 0.29) is 17.0 Å². The van der Waals surface area contributed by atoms with Crippen LogP contribution in [0.2, 0.25) is 0 Å². The molecule has 0 fully saturated rings. The lowest BCUT2D eigenvalue weighted by Crippen LogP contribution is -2.24. The Morgan fingerprint density at radius 3 is 2.85 bits per heavy atom. The third-order valence-electron chi connectivity index (χ3n) is 3.45. The lowest BCUT2D eigenvalue weighted by atomic mass is 10.2. The third-order valence-corrected chi connectivity index (χ3v) is 5.75. The number of unbranched alkanes of at least 4 members (excludes halogenated alkanes) is 2. The van der Waals surface area contributed by atoms with Gasteiger partial charge in [0.1, 0.15) is 5.01 Å². The Bertz CT molecular complexity index is 901. The van der Waals surface area contributed by atoms with Crippen molar-refractivity contribution in [2.24, 2.45) is 0 Å². The number of anilines is 1. The monoisotopic (exact) mass is 392 g/mol. The fraction of sp³-hybridized carbons (Fsp3) is 0.353. The predicted molar refractivity (Wildman–Crippen MR) is 102 cm³/mol. The predicted octanol–water partition coefficient (Wildman–Crippen LogP) is 2.43. The summed E-state index contributed by atoms with van der Waals surface area (Å²) in [5.74, 6) is 1.75. The summed E-state index contributed by atoms with van der Waals surface area (Å²) >= 11 is 1.32. The number of rotatable bonds is 9. The third kappa shape index (κ3) is 5.62. The Morgan fingerprint density at radius 2 is 2.12 bits per heavy atom. The van der Waals surface area contributed by atoms with Gasteiger partial charge >= 0.3 is 0 Å². The SMILES string of the molecule is C#CCNS(=O)(=O)c1cccc(C(=O)Nc2nnc(CCCCC)s2)c1. The highest BCUT2D eigenvalue weighted by Gasteiger charge is 2.16. The molecule has 138 valence electrons. The number of nitrogens with one attached hydrogen (secondary N) is 2. The molecule has 0 saturated carbocycles. The van der Waals surface area contributed by atoms with E-state index in [0.717, 1.165) is 30.7 Å². The number of hydrogen-bond donors (Lipinski definition) is 2. The number of hydrogen-bond acceptors (Lipinski definition) is 6.